The van der Waals surface area contributed by atoms with Crippen LogP contribution in [0.15, 0.2) is 29.4 Å². The van der Waals surface area contributed by atoms with Crippen molar-refractivity contribution in [3.63, 3.8) is 0 Å². The molecule has 0 radical (unpaired) electrons. The molecule has 1 aromatic rings. The number of allylic oxidation sites excluding steroid dienone is 2. The topological polar surface area (TPSA) is 128 Å². The van der Waals surface area contributed by atoms with Crippen molar-refractivity contribution >= 4 is 41.3 Å². The van der Waals surface area contributed by atoms with Gasteiger partial charge in [-0.1, -0.05) is 23.8 Å². The smallest absolute Gasteiger partial charge is 0.346 e. The number of carbonyl (C=O) groups is 3. The lowest BCUT2D eigenvalue weighted by atomic mass is 9.85. The first-order chi connectivity index (χ1) is 14.7. The number of halogens is 1. The molecule has 0 N–H and O–H groups in total. The van der Waals surface area contributed by atoms with Gasteiger partial charge in [-0.05, 0) is 31.2 Å². The second-order valence-electron chi connectivity index (χ2n) is 7.62. The van der Waals surface area contributed by atoms with Crippen molar-refractivity contribution in [1.82, 2.24) is 5.01 Å². The summed E-state index contributed by atoms with van der Waals surface area (Å²) in [6.45, 7) is 1.37. The number of nitro benzene ring substituents is 1. The highest BCUT2D eigenvalue weighted by atomic mass is 35.5. The molecule has 3 aliphatic rings. The molecule has 1 saturated carbocycles. The molecule has 0 aromatic heterocycles. The summed E-state index contributed by atoms with van der Waals surface area (Å²) in [6, 6.07) is 2.46. The number of hydrogen-bond acceptors (Lipinski definition) is 8. The van der Waals surface area contributed by atoms with Gasteiger partial charge in [-0.2, -0.15) is 10.1 Å². The zero-order chi connectivity index (χ0) is 22.4. The van der Waals surface area contributed by atoms with Gasteiger partial charge in [-0.15, -0.1) is 0 Å². The Kier molecular flexibility index (Phi) is 5.26. The molecule has 1 aromatic carbocycles. The maximum absolute atomic E-state index is 12.7. The first kappa shape index (κ1) is 21.0. The van der Waals surface area contributed by atoms with Crippen LogP contribution in [0.2, 0.25) is 5.02 Å². The maximum Gasteiger partial charge on any atom is 0.346 e. The average molecular weight is 448 g/mol. The van der Waals surface area contributed by atoms with Gasteiger partial charge >= 0.3 is 11.7 Å². The van der Waals surface area contributed by atoms with Crippen LogP contribution in [-0.4, -0.2) is 47.1 Å². The van der Waals surface area contributed by atoms with Crippen molar-refractivity contribution in [3.05, 3.63) is 45.0 Å². The Balaban J connectivity index is 1.59. The van der Waals surface area contributed by atoms with Crippen molar-refractivity contribution in [2.75, 3.05) is 7.11 Å². The summed E-state index contributed by atoms with van der Waals surface area (Å²) in [5.74, 6) is -2.44. The number of nitrogens with zero attached hydrogens (tertiary/aromatic N) is 3. The molecule has 5 atom stereocenters. The molecular formula is C20H18ClN3O7. The van der Waals surface area contributed by atoms with Gasteiger partial charge < -0.3 is 9.47 Å². The van der Waals surface area contributed by atoms with Gasteiger partial charge in [0, 0.05) is 11.6 Å². The fourth-order valence-corrected chi connectivity index (χ4v) is 4.71. The van der Waals surface area contributed by atoms with E-state index < -0.39 is 34.5 Å². The van der Waals surface area contributed by atoms with Crippen molar-refractivity contribution in [2.24, 2.45) is 28.8 Å². The average Bonchev–Trinajstić information content (AvgIpc) is 3.41. The molecule has 2 aliphatic carbocycles. The van der Waals surface area contributed by atoms with E-state index in [2.05, 4.69) is 9.84 Å². The van der Waals surface area contributed by atoms with Crippen LogP contribution >= 0.6 is 11.6 Å². The number of amides is 2. The van der Waals surface area contributed by atoms with Crippen LogP contribution in [0.1, 0.15) is 18.9 Å². The Morgan fingerprint density at radius 1 is 1.29 bits per heavy atom. The van der Waals surface area contributed by atoms with Crippen molar-refractivity contribution < 1.29 is 28.8 Å². The van der Waals surface area contributed by atoms with E-state index in [1.807, 2.05) is 12.2 Å². The highest BCUT2D eigenvalue weighted by Gasteiger charge is 2.59. The number of carbonyl (C=O) groups excluding carboxylic acids is 3. The molecule has 1 heterocycles. The summed E-state index contributed by atoms with van der Waals surface area (Å²) >= 11 is 6.15. The fraction of sp³-hybridized carbons (Fsp3) is 0.400. The van der Waals surface area contributed by atoms with Gasteiger partial charge in [0.15, 0.2) is 6.10 Å². The van der Waals surface area contributed by atoms with E-state index in [-0.39, 0.29) is 40.0 Å². The highest BCUT2D eigenvalue weighted by Crippen LogP contribution is 2.52. The predicted octanol–water partition coefficient (Wildman–Crippen LogP) is 2.33. The zero-order valence-corrected chi connectivity index (χ0v) is 17.3. The fourth-order valence-electron chi connectivity index (χ4n) is 4.44. The van der Waals surface area contributed by atoms with Gasteiger partial charge in [0.1, 0.15) is 0 Å². The van der Waals surface area contributed by atoms with Crippen LogP contribution in [-0.2, 0) is 19.1 Å². The monoisotopic (exact) mass is 447 g/mol. The Morgan fingerprint density at radius 2 is 1.90 bits per heavy atom. The summed E-state index contributed by atoms with van der Waals surface area (Å²) in [6.07, 6.45) is 4.79. The number of ether oxygens (including phenoxy) is 2. The van der Waals surface area contributed by atoms with Crippen LogP contribution in [0.3, 0.4) is 0 Å². The molecule has 0 spiro atoms. The summed E-state index contributed by atoms with van der Waals surface area (Å²) in [5, 5.41) is 16.2. The molecular weight excluding hydrogens is 430 g/mol. The first-order valence-corrected chi connectivity index (χ1v) is 9.93. The van der Waals surface area contributed by atoms with Crippen LogP contribution in [0, 0.1) is 33.8 Å². The molecule has 11 heteroatoms. The number of fused-ring (bicyclic) bond motifs is 5. The standard InChI is InChI=1S/C20H18ClN3O7/c1-9(20(27)30-2)31-17-13(21)5-10(6-14(17)24(28)29)8-22-23-18(25)15-11-3-4-12(7-11)16(15)19(23)26/h3-6,8-9,11-12,15-16H,7H2,1-2H3. The minimum Gasteiger partial charge on any atom is -0.471 e. The highest BCUT2D eigenvalue weighted by molar-refractivity contribution is 6.32. The molecule has 2 fully saturated rings. The molecule has 1 saturated heterocycles. The van der Waals surface area contributed by atoms with Gasteiger partial charge in [0.2, 0.25) is 5.75 Å². The molecule has 2 bridgehead atoms. The number of benzene rings is 1. The van der Waals surface area contributed by atoms with Crippen LogP contribution in [0.4, 0.5) is 5.69 Å². The number of rotatable bonds is 6. The van der Waals surface area contributed by atoms with E-state index >= 15 is 0 Å². The van der Waals surface area contributed by atoms with Crippen LogP contribution in [0.5, 0.6) is 5.75 Å². The van der Waals surface area contributed by atoms with Crippen LogP contribution < -0.4 is 4.74 Å². The van der Waals surface area contributed by atoms with E-state index in [1.54, 1.807) is 0 Å². The summed E-state index contributed by atoms with van der Waals surface area (Å²) in [7, 11) is 1.16. The lowest BCUT2D eigenvalue weighted by Gasteiger charge is -2.14. The molecule has 31 heavy (non-hydrogen) atoms. The van der Waals surface area contributed by atoms with E-state index in [9.17, 15) is 24.5 Å². The second kappa shape index (κ2) is 7.77. The van der Waals surface area contributed by atoms with E-state index in [0.29, 0.717) is 0 Å². The Morgan fingerprint density at radius 3 is 2.45 bits per heavy atom. The minimum absolute atomic E-state index is 0.0513. The van der Waals surface area contributed by atoms with Gasteiger partial charge in [0.25, 0.3) is 11.8 Å². The molecule has 5 unspecified atom stereocenters. The molecule has 162 valence electrons. The number of hydrazone groups is 1. The number of nitro groups is 1. The summed E-state index contributed by atoms with van der Waals surface area (Å²) < 4.78 is 9.86. The van der Waals surface area contributed by atoms with Gasteiger partial charge in [0.05, 0.1) is 35.1 Å². The third-order valence-electron chi connectivity index (χ3n) is 5.84. The molecule has 2 amide bonds. The normalized spacial score (nSPS) is 27.1. The number of methoxy groups -OCH3 is 1. The second-order valence-corrected chi connectivity index (χ2v) is 8.03. The predicted molar refractivity (Wildman–Crippen MR) is 107 cm³/mol. The van der Waals surface area contributed by atoms with Gasteiger partial charge in [-0.3, -0.25) is 19.7 Å². The van der Waals surface area contributed by atoms with Crippen molar-refractivity contribution in [3.8, 4) is 5.75 Å². The Bertz CT molecular complexity index is 1020. The third kappa shape index (κ3) is 3.46. The summed E-state index contributed by atoms with van der Waals surface area (Å²) in [5.41, 5.74) is -0.309. The SMILES string of the molecule is COC(=O)C(C)Oc1c(Cl)cc(C=NN2C(=O)C3C4C=CC(C4)C3C2=O)cc1[N+](=O)[O-]. The quantitative estimate of drug-likeness (QED) is 0.163. The Hall–Kier alpha value is -3.27. The van der Waals surface area contributed by atoms with Crippen LogP contribution in [0.25, 0.3) is 0 Å². The lowest BCUT2D eigenvalue weighted by molar-refractivity contribution is -0.386. The van der Waals surface area contributed by atoms with Gasteiger partial charge in [-0.25, -0.2) is 4.79 Å². The largest absolute Gasteiger partial charge is 0.471 e. The minimum atomic E-state index is -1.12. The zero-order valence-electron chi connectivity index (χ0n) is 16.6. The number of esters is 1. The van der Waals surface area contributed by atoms with Crippen molar-refractivity contribution in [2.45, 2.75) is 19.4 Å². The molecule has 10 nitrogen and oxygen atoms in total. The van der Waals surface area contributed by atoms with E-state index in [1.165, 1.54) is 19.2 Å². The number of imide groups is 1. The molecule has 1 aliphatic heterocycles. The van der Waals surface area contributed by atoms with E-state index in [0.717, 1.165) is 24.6 Å². The lowest BCUT2D eigenvalue weighted by Crippen LogP contribution is -2.28. The summed E-state index contributed by atoms with van der Waals surface area (Å²) in [4.78, 5) is 47.7. The van der Waals surface area contributed by atoms with Crippen molar-refractivity contribution in [1.29, 1.82) is 0 Å². The third-order valence-corrected chi connectivity index (χ3v) is 6.12. The first-order valence-electron chi connectivity index (χ1n) is 9.55. The number of hydrogen-bond donors (Lipinski definition) is 0. The molecule has 4 rings (SSSR count). The maximum atomic E-state index is 12.7. The Labute approximate surface area is 181 Å². The van der Waals surface area contributed by atoms with E-state index in [4.69, 9.17) is 16.3 Å².